The molecule has 6 nitrogen and oxygen atoms in total. The molecule has 0 aliphatic carbocycles. The van der Waals surface area contributed by atoms with Crippen molar-refractivity contribution in [1.82, 2.24) is 4.98 Å². The van der Waals surface area contributed by atoms with Crippen LogP contribution in [0.5, 0.6) is 5.75 Å². The third kappa shape index (κ3) is 2.92. The van der Waals surface area contributed by atoms with E-state index in [0.717, 1.165) is 0 Å². The van der Waals surface area contributed by atoms with Gasteiger partial charge in [-0.15, -0.1) is 0 Å². The van der Waals surface area contributed by atoms with Crippen molar-refractivity contribution >= 4 is 17.6 Å². The lowest BCUT2D eigenvalue weighted by Gasteiger charge is -2.06. The number of phenols is 1. The molecule has 0 bridgehead atoms. The van der Waals surface area contributed by atoms with E-state index >= 15 is 0 Å². The van der Waals surface area contributed by atoms with E-state index in [1.54, 1.807) is 13.0 Å². The SMILES string of the molecule is Cc1cc(C(=O)Nc2ccc(C(=O)O)nc2)ccc1O. The van der Waals surface area contributed by atoms with Crippen molar-refractivity contribution in [3.8, 4) is 5.75 Å². The van der Waals surface area contributed by atoms with Gasteiger partial charge >= 0.3 is 5.97 Å². The Balaban J connectivity index is 2.14. The number of carbonyl (C=O) groups excluding carboxylic acids is 1. The quantitative estimate of drug-likeness (QED) is 0.794. The molecule has 0 unspecified atom stereocenters. The molecule has 20 heavy (non-hydrogen) atoms. The van der Waals surface area contributed by atoms with Crippen molar-refractivity contribution in [1.29, 1.82) is 0 Å². The van der Waals surface area contributed by atoms with Gasteiger partial charge in [0.1, 0.15) is 11.4 Å². The fraction of sp³-hybridized carbons (Fsp3) is 0.0714. The van der Waals surface area contributed by atoms with Gasteiger partial charge in [-0.25, -0.2) is 9.78 Å². The average Bonchev–Trinajstić information content (AvgIpc) is 2.42. The highest BCUT2D eigenvalue weighted by molar-refractivity contribution is 6.04. The Morgan fingerprint density at radius 1 is 1.20 bits per heavy atom. The van der Waals surface area contributed by atoms with E-state index in [2.05, 4.69) is 10.3 Å². The molecule has 0 spiro atoms. The van der Waals surface area contributed by atoms with Gasteiger partial charge < -0.3 is 15.5 Å². The van der Waals surface area contributed by atoms with E-state index in [-0.39, 0.29) is 17.4 Å². The number of nitrogens with zero attached hydrogens (tertiary/aromatic N) is 1. The molecular formula is C14H12N2O4. The molecule has 3 N–H and O–H groups in total. The Kier molecular flexibility index (Phi) is 3.65. The van der Waals surface area contributed by atoms with E-state index in [4.69, 9.17) is 5.11 Å². The number of aromatic nitrogens is 1. The Morgan fingerprint density at radius 2 is 1.95 bits per heavy atom. The largest absolute Gasteiger partial charge is 0.508 e. The van der Waals surface area contributed by atoms with E-state index in [1.807, 2.05) is 0 Å². The fourth-order valence-electron chi connectivity index (χ4n) is 1.59. The topological polar surface area (TPSA) is 99.5 Å². The number of pyridine rings is 1. The predicted octanol–water partition coefficient (Wildman–Crippen LogP) is 2.05. The van der Waals surface area contributed by atoms with E-state index in [1.165, 1.54) is 30.5 Å². The Hall–Kier alpha value is -2.89. The van der Waals surface area contributed by atoms with Crippen LogP contribution in [0.1, 0.15) is 26.4 Å². The number of aromatic hydroxyl groups is 1. The highest BCUT2D eigenvalue weighted by atomic mass is 16.4. The number of hydrogen-bond acceptors (Lipinski definition) is 4. The highest BCUT2D eigenvalue weighted by Gasteiger charge is 2.09. The zero-order chi connectivity index (χ0) is 14.7. The maximum Gasteiger partial charge on any atom is 0.354 e. The number of anilines is 1. The molecule has 1 aromatic carbocycles. The van der Waals surface area contributed by atoms with E-state index in [9.17, 15) is 14.7 Å². The molecule has 0 fully saturated rings. The second-order valence-electron chi connectivity index (χ2n) is 4.19. The first-order chi connectivity index (χ1) is 9.47. The van der Waals surface area contributed by atoms with E-state index in [0.29, 0.717) is 16.8 Å². The lowest BCUT2D eigenvalue weighted by atomic mass is 10.1. The van der Waals surface area contributed by atoms with Crippen LogP contribution in [0.3, 0.4) is 0 Å². The molecule has 0 aliphatic rings. The second-order valence-corrected chi connectivity index (χ2v) is 4.19. The first-order valence-electron chi connectivity index (χ1n) is 5.77. The van der Waals surface area contributed by atoms with Crippen LogP contribution in [0.2, 0.25) is 0 Å². The van der Waals surface area contributed by atoms with Crippen molar-refractivity contribution in [3.05, 3.63) is 53.3 Å². The number of rotatable bonds is 3. The fourth-order valence-corrected chi connectivity index (χ4v) is 1.59. The van der Waals surface area contributed by atoms with Crippen LogP contribution in [-0.2, 0) is 0 Å². The molecule has 2 rings (SSSR count). The summed E-state index contributed by atoms with van der Waals surface area (Å²) in [5.74, 6) is -1.37. The maximum atomic E-state index is 12.0. The Labute approximate surface area is 114 Å². The number of benzene rings is 1. The number of phenolic OH excluding ortho intramolecular Hbond substituents is 1. The van der Waals surface area contributed by atoms with Crippen LogP contribution in [-0.4, -0.2) is 27.1 Å². The van der Waals surface area contributed by atoms with Crippen molar-refractivity contribution in [2.45, 2.75) is 6.92 Å². The summed E-state index contributed by atoms with van der Waals surface area (Å²) in [5, 5.41) is 20.7. The molecule has 1 heterocycles. The molecule has 1 aromatic heterocycles. The Morgan fingerprint density at radius 3 is 2.50 bits per heavy atom. The summed E-state index contributed by atoms with van der Waals surface area (Å²) >= 11 is 0. The van der Waals surface area contributed by atoms with Crippen molar-refractivity contribution in [2.24, 2.45) is 0 Å². The summed E-state index contributed by atoms with van der Waals surface area (Å²) in [6, 6.07) is 7.26. The number of amides is 1. The van der Waals surface area contributed by atoms with Crippen LogP contribution in [0.4, 0.5) is 5.69 Å². The van der Waals surface area contributed by atoms with Gasteiger partial charge in [0.25, 0.3) is 5.91 Å². The molecule has 0 saturated carbocycles. The van der Waals surface area contributed by atoms with Gasteiger partial charge in [-0.3, -0.25) is 4.79 Å². The number of carboxylic acid groups (broad SMARTS) is 1. The zero-order valence-electron chi connectivity index (χ0n) is 10.6. The monoisotopic (exact) mass is 272 g/mol. The van der Waals surface area contributed by atoms with Crippen LogP contribution in [0.25, 0.3) is 0 Å². The number of aromatic carboxylic acids is 1. The molecular weight excluding hydrogens is 260 g/mol. The molecule has 102 valence electrons. The standard InChI is InChI=1S/C14H12N2O4/c1-8-6-9(2-5-12(8)17)13(18)16-10-3-4-11(14(19)20)15-7-10/h2-7,17H,1H3,(H,16,18)(H,19,20). The van der Waals surface area contributed by atoms with Gasteiger partial charge in [-0.2, -0.15) is 0 Å². The lowest BCUT2D eigenvalue weighted by Crippen LogP contribution is -2.12. The molecule has 2 aromatic rings. The molecule has 0 aliphatic heterocycles. The summed E-state index contributed by atoms with van der Waals surface area (Å²) in [6.45, 7) is 1.69. The van der Waals surface area contributed by atoms with Gasteiger partial charge in [0, 0.05) is 5.56 Å². The van der Waals surface area contributed by atoms with Crippen LogP contribution < -0.4 is 5.32 Å². The van der Waals surface area contributed by atoms with Crippen molar-refractivity contribution in [3.63, 3.8) is 0 Å². The summed E-state index contributed by atoms with van der Waals surface area (Å²) in [5.41, 5.74) is 1.29. The van der Waals surface area contributed by atoms with E-state index < -0.39 is 5.97 Å². The number of aryl methyl sites for hydroxylation is 1. The smallest absolute Gasteiger partial charge is 0.354 e. The highest BCUT2D eigenvalue weighted by Crippen LogP contribution is 2.18. The normalized spacial score (nSPS) is 10.1. The minimum atomic E-state index is -1.13. The molecule has 0 atom stereocenters. The summed E-state index contributed by atoms with van der Waals surface area (Å²) in [4.78, 5) is 26.3. The third-order valence-corrected chi connectivity index (χ3v) is 2.70. The van der Waals surface area contributed by atoms with Gasteiger partial charge in [0.2, 0.25) is 0 Å². The Bertz CT molecular complexity index is 665. The first-order valence-corrected chi connectivity index (χ1v) is 5.77. The average molecular weight is 272 g/mol. The number of nitrogens with one attached hydrogen (secondary N) is 1. The van der Waals surface area contributed by atoms with Gasteiger partial charge in [-0.1, -0.05) is 0 Å². The van der Waals surface area contributed by atoms with Gasteiger partial charge in [0.05, 0.1) is 11.9 Å². The van der Waals surface area contributed by atoms with Gasteiger partial charge in [0.15, 0.2) is 0 Å². The minimum absolute atomic E-state index is 0.0940. The zero-order valence-corrected chi connectivity index (χ0v) is 10.6. The van der Waals surface area contributed by atoms with Crippen LogP contribution in [0.15, 0.2) is 36.5 Å². The number of carboxylic acids is 1. The lowest BCUT2D eigenvalue weighted by molar-refractivity contribution is 0.0690. The maximum absolute atomic E-state index is 12.0. The predicted molar refractivity (Wildman–Crippen MR) is 72.0 cm³/mol. The minimum Gasteiger partial charge on any atom is -0.508 e. The number of carbonyl (C=O) groups is 2. The number of hydrogen-bond donors (Lipinski definition) is 3. The van der Waals surface area contributed by atoms with Crippen molar-refractivity contribution in [2.75, 3.05) is 5.32 Å². The van der Waals surface area contributed by atoms with Crippen LogP contribution in [0, 0.1) is 6.92 Å². The first kappa shape index (κ1) is 13.5. The molecule has 6 heteroatoms. The second kappa shape index (κ2) is 5.40. The molecule has 1 amide bonds. The van der Waals surface area contributed by atoms with Crippen molar-refractivity contribution < 1.29 is 19.8 Å². The summed E-state index contributed by atoms with van der Waals surface area (Å²) in [6.07, 6.45) is 1.27. The molecule has 0 saturated heterocycles. The third-order valence-electron chi connectivity index (χ3n) is 2.70. The molecule has 0 radical (unpaired) electrons. The van der Waals surface area contributed by atoms with Gasteiger partial charge in [-0.05, 0) is 42.8 Å². The summed E-state index contributed by atoms with van der Waals surface area (Å²) in [7, 11) is 0. The summed E-state index contributed by atoms with van der Waals surface area (Å²) < 4.78 is 0. The van der Waals surface area contributed by atoms with Crippen LogP contribution >= 0.6 is 0 Å².